The fourth-order valence-corrected chi connectivity index (χ4v) is 9.02. The van der Waals surface area contributed by atoms with E-state index in [0.717, 1.165) is 110 Å². The number of hydrogen-bond donors (Lipinski definition) is 0. The molecule has 0 aliphatic rings. The lowest BCUT2D eigenvalue weighted by atomic mass is 9.98. The Bertz CT molecular complexity index is 3750. The summed E-state index contributed by atoms with van der Waals surface area (Å²) in [5.41, 5.74) is 11.1. The van der Waals surface area contributed by atoms with Crippen LogP contribution in [0, 0.1) is 17.9 Å². The minimum atomic E-state index is 0.503. The summed E-state index contributed by atoms with van der Waals surface area (Å²) in [5, 5.41) is 19.1. The second-order valence-corrected chi connectivity index (χ2v) is 14.2. The van der Waals surface area contributed by atoms with Crippen LogP contribution in [-0.2, 0) is 0 Å². The van der Waals surface area contributed by atoms with E-state index >= 15 is 0 Å². The Hall–Kier alpha value is -8.06. The van der Waals surface area contributed by atoms with E-state index in [0.29, 0.717) is 11.3 Å². The van der Waals surface area contributed by atoms with Gasteiger partial charge in [0.15, 0.2) is 11.2 Å². The van der Waals surface area contributed by atoms with Crippen molar-refractivity contribution in [3.63, 3.8) is 0 Å². The van der Waals surface area contributed by atoms with Crippen molar-refractivity contribution in [3.05, 3.63) is 175 Å². The highest BCUT2D eigenvalue weighted by atomic mass is 16.3. The molecule has 0 aliphatic carbocycles. The average molecular weight is 715 g/mol. The van der Waals surface area contributed by atoms with Crippen LogP contribution in [0.1, 0.15) is 5.56 Å². The van der Waals surface area contributed by atoms with Gasteiger partial charge in [-0.05, 0) is 54.1 Å². The summed E-state index contributed by atoms with van der Waals surface area (Å²) >= 11 is 0. The molecule has 12 aromatic rings. The van der Waals surface area contributed by atoms with Gasteiger partial charge in [0, 0.05) is 48.7 Å². The second-order valence-electron chi connectivity index (χ2n) is 14.2. The summed E-state index contributed by atoms with van der Waals surface area (Å²) in [6.45, 7) is 8.38. The summed E-state index contributed by atoms with van der Waals surface area (Å²) in [5.74, 6) is 0. The van der Waals surface area contributed by atoms with Crippen molar-refractivity contribution in [2.75, 3.05) is 0 Å². The number of rotatable bonds is 3. The molecule has 0 radical (unpaired) electrons. The van der Waals surface area contributed by atoms with Gasteiger partial charge in [-0.25, -0.2) is 4.85 Å². The van der Waals surface area contributed by atoms with Crippen LogP contribution in [0.3, 0.4) is 0 Å². The lowest BCUT2D eigenvalue weighted by Crippen LogP contribution is -2.02. The van der Waals surface area contributed by atoms with Crippen molar-refractivity contribution in [2.24, 2.45) is 0 Å². The van der Waals surface area contributed by atoms with Crippen molar-refractivity contribution in [2.45, 2.75) is 0 Å². The molecule has 0 fully saturated rings. The van der Waals surface area contributed by atoms with Crippen LogP contribution in [0.5, 0.6) is 0 Å². The Kier molecular flexibility index (Phi) is 6.10. The third-order valence-corrected chi connectivity index (χ3v) is 11.4. The molecule has 0 atom stereocenters. The maximum Gasteiger partial charge on any atom is 0.210 e. The largest absolute Gasteiger partial charge is 0.454 e. The maximum absolute atomic E-state index is 10.8. The Balaban J connectivity index is 1.20. The van der Waals surface area contributed by atoms with Gasteiger partial charge in [0.2, 0.25) is 5.69 Å². The quantitative estimate of drug-likeness (QED) is 0.171. The van der Waals surface area contributed by atoms with Crippen molar-refractivity contribution >= 4 is 93.2 Å². The van der Waals surface area contributed by atoms with Gasteiger partial charge in [-0.15, -0.1) is 0 Å². The zero-order valence-electron chi connectivity index (χ0n) is 29.6. The first kappa shape index (κ1) is 30.4. The van der Waals surface area contributed by atoms with Crippen LogP contribution >= 0.6 is 0 Å². The lowest BCUT2D eigenvalue weighted by molar-refractivity contribution is 0.670. The molecule has 56 heavy (non-hydrogen) atoms. The molecule has 0 bridgehead atoms. The fraction of sp³-hybridized carbons (Fsp3) is 0. The Morgan fingerprint density at radius 1 is 0.500 bits per heavy atom. The first-order chi connectivity index (χ1) is 27.7. The van der Waals surface area contributed by atoms with E-state index in [1.807, 2.05) is 84.9 Å². The van der Waals surface area contributed by atoms with Crippen LogP contribution in [0.25, 0.3) is 115 Å². The number of fused-ring (bicyclic) bond motifs is 14. The van der Waals surface area contributed by atoms with E-state index < -0.39 is 0 Å². The predicted octanol–water partition coefficient (Wildman–Crippen LogP) is 13.8. The van der Waals surface area contributed by atoms with E-state index in [1.165, 1.54) is 0 Å². The standard InChI is InChI=1S/C50H26N4O2/c1-52-40-26-21-29(27-43(40)53-41-17-6-2-12-32(41)36-22-24-38-34-14-4-8-19-44(34)55-49(38)47(36)53)31-16-10-11-30(28-51)46(31)54-42-18-7-3-13-33(42)37-23-25-39-35-15-5-9-20-45(35)56-50(39)48(37)54/h2-27H. The van der Waals surface area contributed by atoms with Crippen molar-refractivity contribution in [3.8, 4) is 28.6 Å². The highest BCUT2D eigenvalue weighted by Crippen LogP contribution is 2.46. The monoisotopic (exact) mass is 714 g/mol. The van der Waals surface area contributed by atoms with Crippen molar-refractivity contribution in [1.29, 1.82) is 5.26 Å². The third kappa shape index (κ3) is 3.97. The second kappa shape index (κ2) is 11.2. The molecule has 12 rings (SSSR count). The summed E-state index contributed by atoms with van der Waals surface area (Å²) in [4.78, 5) is 4.07. The SMILES string of the molecule is [C-]#[N+]c1ccc(-c2cccc(C#N)c2-n2c3ccccc3c3ccc4c5ccccc5oc4c32)cc1-n1c2ccccc2c2ccc3c4ccccc4oc3c21. The number of nitriles is 1. The van der Waals surface area contributed by atoms with Crippen molar-refractivity contribution < 1.29 is 8.83 Å². The molecule has 0 amide bonds. The molecule has 0 aliphatic heterocycles. The Morgan fingerprint density at radius 2 is 1.04 bits per heavy atom. The molecule has 6 heteroatoms. The van der Waals surface area contributed by atoms with Gasteiger partial charge in [-0.1, -0.05) is 109 Å². The average Bonchev–Trinajstić information content (AvgIpc) is 4.01. The normalized spacial score (nSPS) is 11.9. The van der Waals surface area contributed by atoms with E-state index in [-0.39, 0.29) is 0 Å². The highest BCUT2D eigenvalue weighted by molar-refractivity contribution is 6.23. The van der Waals surface area contributed by atoms with Gasteiger partial charge < -0.3 is 18.0 Å². The molecule has 6 nitrogen and oxygen atoms in total. The smallest absolute Gasteiger partial charge is 0.210 e. The summed E-state index contributed by atoms with van der Waals surface area (Å²) in [6.07, 6.45) is 0. The molecule has 0 N–H and O–H groups in total. The van der Waals surface area contributed by atoms with Crippen molar-refractivity contribution in [1.82, 2.24) is 9.13 Å². The van der Waals surface area contributed by atoms with Gasteiger partial charge in [-0.2, -0.15) is 5.26 Å². The van der Waals surface area contributed by atoms with Crippen LogP contribution in [0.2, 0.25) is 0 Å². The fourth-order valence-electron chi connectivity index (χ4n) is 9.02. The van der Waals surface area contributed by atoms with E-state index in [1.54, 1.807) is 0 Å². The lowest BCUT2D eigenvalue weighted by Gasteiger charge is -2.18. The van der Waals surface area contributed by atoms with Gasteiger partial charge in [0.05, 0.1) is 45.6 Å². The molecular weight excluding hydrogens is 689 g/mol. The highest BCUT2D eigenvalue weighted by Gasteiger charge is 2.25. The van der Waals surface area contributed by atoms with Crippen LogP contribution in [0.15, 0.2) is 167 Å². The number of benzene rings is 8. The first-order valence-corrected chi connectivity index (χ1v) is 18.4. The van der Waals surface area contributed by atoms with Gasteiger partial charge in [0.1, 0.15) is 17.2 Å². The van der Waals surface area contributed by atoms with Crippen LogP contribution in [-0.4, -0.2) is 9.13 Å². The minimum Gasteiger partial charge on any atom is -0.454 e. The molecule has 258 valence electrons. The zero-order valence-corrected chi connectivity index (χ0v) is 29.6. The number of hydrogen-bond acceptors (Lipinski definition) is 3. The minimum absolute atomic E-state index is 0.503. The van der Waals surface area contributed by atoms with Gasteiger partial charge >= 0.3 is 0 Å². The Morgan fingerprint density at radius 3 is 1.64 bits per heavy atom. The number of furan rings is 2. The number of para-hydroxylation sites is 5. The van der Waals surface area contributed by atoms with Crippen LogP contribution in [0.4, 0.5) is 5.69 Å². The first-order valence-electron chi connectivity index (χ1n) is 18.4. The van der Waals surface area contributed by atoms with Gasteiger partial charge in [-0.3, -0.25) is 0 Å². The number of aromatic nitrogens is 2. The predicted molar refractivity (Wildman–Crippen MR) is 226 cm³/mol. The molecule has 0 saturated carbocycles. The molecule has 4 heterocycles. The zero-order chi connectivity index (χ0) is 37.1. The molecular formula is C50H26N4O2. The summed E-state index contributed by atoms with van der Waals surface area (Å²) < 4.78 is 17.7. The molecule has 0 unspecified atom stereocenters. The summed E-state index contributed by atoms with van der Waals surface area (Å²) in [6, 6.07) is 55.8. The molecule has 0 spiro atoms. The van der Waals surface area contributed by atoms with Crippen LogP contribution < -0.4 is 0 Å². The number of nitrogens with zero attached hydrogens (tertiary/aromatic N) is 4. The summed E-state index contributed by atoms with van der Waals surface area (Å²) in [7, 11) is 0. The Labute approximate surface area is 318 Å². The van der Waals surface area contributed by atoms with E-state index in [2.05, 4.69) is 92.8 Å². The molecule has 4 aromatic heterocycles. The topological polar surface area (TPSA) is 64.3 Å². The third-order valence-electron chi connectivity index (χ3n) is 11.4. The molecule has 0 saturated heterocycles. The molecule has 8 aromatic carbocycles. The van der Waals surface area contributed by atoms with E-state index in [9.17, 15) is 5.26 Å². The maximum atomic E-state index is 10.8. The van der Waals surface area contributed by atoms with Gasteiger partial charge in [0.25, 0.3) is 0 Å². The van der Waals surface area contributed by atoms with E-state index in [4.69, 9.17) is 15.4 Å².